The Kier molecular flexibility index (Phi) is 4.60. The third kappa shape index (κ3) is 3.28. The summed E-state index contributed by atoms with van der Waals surface area (Å²) < 4.78 is 0. The van der Waals surface area contributed by atoms with Gasteiger partial charge in [0.05, 0.1) is 0 Å². The Morgan fingerprint density at radius 3 is 1.78 bits per heavy atom. The van der Waals surface area contributed by atoms with Crippen molar-refractivity contribution in [2.75, 3.05) is 0 Å². The van der Waals surface area contributed by atoms with E-state index in [-0.39, 0.29) is 17.0 Å². The number of benzene rings is 2. The molecule has 0 radical (unpaired) electrons. The van der Waals surface area contributed by atoms with Crippen LogP contribution in [-0.4, -0.2) is 14.7 Å². The molecule has 23 heavy (non-hydrogen) atoms. The maximum Gasteiger partial charge on any atom is 0.638 e. The molecular weight excluding hydrogens is 304 g/mol. The van der Waals surface area contributed by atoms with Gasteiger partial charge < -0.3 is 5.21 Å². The van der Waals surface area contributed by atoms with E-state index in [9.17, 15) is 25.4 Å². The van der Waals surface area contributed by atoms with Crippen molar-refractivity contribution in [2.24, 2.45) is 5.11 Å². The highest BCUT2D eigenvalue weighted by molar-refractivity contribution is 5.19. The number of hydrogen-bond donors (Lipinski definition) is 0. The number of hydroxylamine groups is 1. The fourth-order valence-corrected chi connectivity index (χ4v) is 2.00. The third-order valence-corrected chi connectivity index (χ3v) is 3.08. The molecule has 0 aliphatic carbocycles. The lowest BCUT2D eigenvalue weighted by molar-refractivity contribution is -0.830. The van der Waals surface area contributed by atoms with Crippen molar-refractivity contribution in [1.29, 1.82) is 0 Å². The summed E-state index contributed by atoms with van der Waals surface area (Å²) in [5, 5.41) is 37.9. The molecule has 0 amide bonds. The van der Waals surface area contributed by atoms with Crippen molar-refractivity contribution < 1.29 is 14.7 Å². The second kappa shape index (κ2) is 6.60. The lowest BCUT2D eigenvalue weighted by Gasteiger charge is -2.11. The average molecular weight is 316 g/mol. The van der Waals surface area contributed by atoms with E-state index in [2.05, 4.69) is 5.11 Å². The fourth-order valence-electron chi connectivity index (χ4n) is 2.00. The molecule has 2 aromatic carbocycles. The highest BCUT2D eigenvalue weighted by Crippen LogP contribution is 2.27. The van der Waals surface area contributed by atoms with Crippen LogP contribution in [0.25, 0.3) is 0 Å². The number of nitro groups is 2. The van der Waals surface area contributed by atoms with Gasteiger partial charge in [-0.15, -0.1) is 0 Å². The van der Waals surface area contributed by atoms with Crippen molar-refractivity contribution in [3.63, 3.8) is 0 Å². The first-order valence-corrected chi connectivity index (χ1v) is 6.52. The summed E-state index contributed by atoms with van der Waals surface area (Å²) in [5.41, 5.74) is 0.226. The molecule has 0 saturated heterocycles. The van der Waals surface area contributed by atoms with Crippen molar-refractivity contribution >= 4 is 0 Å². The predicted octanol–water partition coefficient (Wildman–Crippen LogP) is 2.51. The largest absolute Gasteiger partial charge is 0.638 e. The molecule has 9 heteroatoms. The quantitative estimate of drug-likeness (QED) is 0.266. The Labute approximate surface area is 130 Å². The van der Waals surface area contributed by atoms with Crippen LogP contribution in [-0.2, 0) is 12.3 Å². The normalized spacial score (nSPS) is 11.9. The molecule has 0 saturated carbocycles. The second-order valence-corrected chi connectivity index (χ2v) is 4.61. The topological polar surface area (TPSA) is 125 Å². The minimum Gasteiger partial charge on any atom is -0.599 e. The first kappa shape index (κ1) is 16.0. The Morgan fingerprint density at radius 2 is 1.30 bits per heavy atom. The highest BCUT2D eigenvalue weighted by Gasteiger charge is 2.63. The van der Waals surface area contributed by atoms with E-state index < -0.39 is 15.6 Å². The summed E-state index contributed by atoms with van der Waals surface area (Å²) in [5.74, 6) is -3.07. The zero-order valence-corrected chi connectivity index (χ0v) is 11.8. The molecule has 118 valence electrons. The Bertz CT molecular complexity index is 719. The molecule has 2 rings (SSSR count). The number of rotatable bonds is 6. The van der Waals surface area contributed by atoms with Gasteiger partial charge in [-0.3, -0.25) is 20.2 Å². The molecule has 0 fully saturated rings. The van der Waals surface area contributed by atoms with E-state index in [1.165, 1.54) is 24.3 Å². The minimum atomic E-state index is -3.07. The molecule has 9 nitrogen and oxygen atoms in total. The second-order valence-electron chi connectivity index (χ2n) is 4.61. The van der Waals surface area contributed by atoms with E-state index in [1.54, 1.807) is 36.4 Å². The van der Waals surface area contributed by atoms with E-state index >= 15 is 0 Å². The van der Waals surface area contributed by atoms with Crippen molar-refractivity contribution in [3.8, 4) is 0 Å². The van der Waals surface area contributed by atoms with E-state index in [1.807, 2.05) is 0 Å². The number of hydrogen-bond acceptors (Lipinski definition) is 6. The summed E-state index contributed by atoms with van der Waals surface area (Å²) in [6.45, 7) is -0.336. The number of azo groups is 1. The van der Waals surface area contributed by atoms with Crippen LogP contribution in [0.4, 0.5) is 0 Å². The summed E-state index contributed by atoms with van der Waals surface area (Å²) >= 11 is 0. The van der Waals surface area contributed by atoms with Gasteiger partial charge >= 0.3 is 5.79 Å². The van der Waals surface area contributed by atoms with Gasteiger partial charge in [0.2, 0.25) is 6.54 Å². The molecule has 0 N–H and O–H groups in total. The molecule has 0 aromatic heterocycles. The van der Waals surface area contributed by atoms with Gasteiger partial charge in [0.15, 0.2) is 0 Å². The van der Waals surface area contributed by atoms with Gasteiger partial charge in [-0.2, -0.15) is 0 Å². The Balaban J connectivity index is 2.48. The van der Waals surface area contributed by atoms with Crippen LogP contribution >= 0.6 is 0 Å². The molecule has 0 atom stereocenters. The molecule has 0 aliphatic heterocycles. The fraction of sp³-hybridized carbons (Fsp3) is 0.143. The van der Waals surface area contributed by atoms with Crippen LogP contribution in [0.5, 0.6) is 0 Å². The third-order valence-electron chi connectivity index (χ3n) is 3.08. The van der Waals surface area contributed by atoms with Crippen molar-refractivity contribution in [1.82, 2.24) is 0 Å². The molecule has 0 aliphatic rings. The SMILES string of the molecule is O=[N+]([O-])C(N=[N+]([O-])Cc1ccccc1)(c1ccccc1)[N+](=O)[O-]. The van der Waals surface area contributed by atoms with Gasteiger partial charge in [0.25, 0.3) is 0 Å². The van der Waals surface area contributed by atoms with Gasteiger partial charge in [-0.1, -0.05) is 53.4 Å². The first-order valence-electron chi connectivity index (χ1n) is 6.52. The maximum atomic E-state index is 12.0. The van der Waals surface area contributed by atoms with E-state index in [4.69, 9.17) is 0 Å². The monoisotopic (exact) mass is 316 g/mol. The summed E-state index contributed by atoms with van der Waals surface area (Å²) in [4.78, 5) is 20.3. The van der Waals surface area contributed by atoms with Crippen LogP contribution in [0.15, 0.2) is 65.8 Å². The van der Waals surface area contributed by atoms with E-state index in [0.717, 1.165) is 0 Å². The van der Waals surface area contributed by atoms with Crippen LogP contribution in [0.3, 0.4) is 0 Å². The molecule has 0 unspecified atom stereocenters. The Morgan fingerprint density at radius 1 is 0.826 bits per heavy atom. The average Bonchev–Trinajstić information content (AvgIpc) is 2.53. The smallest absolute Gasteiger partial charge is 0.599 e. The summed E-state index contributed by atoms with van der Waals surface area (Å²) in [6, 6.07) is 15.0. The van der Waals surface area contributed by atoms with Gasteiger partial charge in [0.1, 0.15) is 20.5 Å². The van der Waals surface area contributed by atoms with Crippen molar-refractivity contribution in [2.45, 2.75) is 12.3 Å². The summed E-state index contributed by atoms with van der Waals surface area (Å²) in [7, 11) is 0. The minimum absolute atomic E-state index is 0.0338. The van der Waals surface area contributed by atoms with Gasteiger partial charge in [0, 0.05) is 5.56 Å². The van der Waals surface area contributed by atoms with Gasteiger partial charge in [-0.25, -0.2) is 0 Å². The molecule has 2 aromatic rings. The first-order chi connectivity index (χ1) is 11.0. The lowest BCUT2D eigenvalue weighted by atomic mass is 10.1. The lowest BCUT2D eigenvalue weighted by Crippen LogP contribution is -2.42. The molecular formula is C14H12N4O5. The predicted molar refractivity (Wildman–Crippen MR) is 78.3 cm³/mol. The van der Waals surface area contributed by atoms with Crippen LogP contribution in [0.1, 0.15) is 11.1 Å². The molecule has 0 spiro atoms. The molecule has 0 bridgehead atoms. The zero-order valence-electron chi connectivity index (χ0n) is 11.8. The van der Waals surface area contributed by atoms with Crippen molar-refractivity contribution in [3.05, 3.63) is 97.2 Å². The standard InChI is InChI=1S/C14H12N4O5/c19-16(11-12-7-3-1-4-8-12)15-14(17(20)21,18(22)23)13-9-5-2-6-10-13/h1-10H,11H2. The van der Waals surface area contributed by atoms with Crippen LogP contribution < -0.4 is 0 Å². The number of nitrogens with zero attached hydrogens (tertiary/aromatic N) is 4. The summed E-state index contributed by atoms with van der Waals surface area (Å²) in [6.07, 6.45) is 0. The highest BCUT2D eigenvalue weighted by atomic mass is 16.7. The molecule has 0 heterocycles. The van der Waals surface area contributed by atoms with Crippen LogP contribution in [0, 0.1) is 25.4 Å². The zero-order chi connectivity index (χ0) is 16.9. The van der Waals surface area contributed by atoms with Crippen LogP contribution in [0.2, 0.25) is 0 Å². The van der Waals surface area contributed by atoms with Gasteiger partial charge in [-0.05, 0) is 12.1 Å². The Hall–Kier alpha value is -3.36. The van der Waals surface area contributed by atoms with E-state index in [0.29, 0.717) is 5.56 Å². The maximum absolute atomic E-state index is 12.0.